The molecule has 0 aromatic heterocycles. The van der Waals surface area contributed by atoms with Crippen molar-refractivity contribution in [3.63, 3.8) is 0 Å². The Labute approximate surface area is 99.3 Å². The Kier molecular flexibility index (Phi) is 2.76. The van der Waals surface area contributed by atoms with Gasteiger partial charge in [-0.3, -0.25) is 4.79 Å². The highest BCUT2D eigenvalue weighted by atomic mass is 16.1. The Morgan fingerprint density at radius 2 is 1.88 bits per heavy atom. The summed E-state index contributed by atoms with van der Waals surface area (Å²) in [6.45, 7) is 9.01. The van der Waals surface area contributed by atoms with Crippen LogP contribution in [0.15, 0.2) is 11.6 Å². The summed E-state index contributed by atoms with van der Waals surface area (Å²) >= 11 is 0. The molecule has 2 rings (SSSR count). The van der Waals surface area contributed by atoms with Crippen molar-refractivity contribution in [3.8, 4) is 0 Å². The van der Waals surface area contributed by atoms with Crippen molar-refractivity contribution >= 4 is 5.78 Å². The SMILES string of the molecule is C/C1=C/CC(C)(C)C[C@H]2C[C@]2(C)C(=O)CC1. The monoisotopic (exact) mass is 220 g/mol. The normalized spacial score (nSPS) is 41.9. The summed E-state index contributed by atoms with van der Waals surface area (Å²) in [4.78, 5) is 12.1. The molecule has 0 aromatic carbocycles. The highest BCUT2D eigenvalue weighted by molar-refractivity contribution is 5.87. The van der Waals surface area contributed by atoms with Gasteiger partial charge in [0.05, 0.1) is 0 Å². The maximum Gasteiger partial charge on any atom is 0.139 e. The van der Waals surface area contributed by atoms with Gasteiger partial charge >= 0.3 is 0 Å². The maximum atomic E-state index is 12.1. The van der Waals surface area contributed by atoms with Gasteiger partial charge in [-0.25, -0.2) is 0 Å². The van der Waals surface area contributed by atoms with Crippen molar-refractivity contribution in [2.45, 2.75) is 59.8 Å². The molecule has 0 bridgehead atoms. The second-order valence-corrected chi connectivity index (χ2v) is 6.86. The standard InChI is InChI=1S/C15H24O/c1-11-5-6-13(16)15(4)10-12(15)9-14(2,3)8-7-11/h7,12H,5-6,8-10H2,1-4H3/b11-7-/t12-,15-/m0/s1. The van der Waals surface area contributed by atoms with Gasteiger partial charge in [-0.15, -0.1) is 0 Å². The minimum absolute atomic E-state index is 0.0366. The summed E-state index contributed by atoms with van der Waals surface area (Å²) in [5.74, 6) is 1.16. The Hall–Kier alpha value is -0.590. The van der Waals surface area contributed by atoms with E-state index >= 15 is 0 Å². The minimum Gasteiger partial charge on any atom is -0.299 e. The first-order valence-electron chi connectivity index (χ1n) is 6.52. The van der Waals surface area contributed by atoms with Gasteiger partial charge in [0.1, 0.15) is 5.78 Å². The maximum absolute atomic E-state index is 12.1. The van der Waals surface area contributed by atoms with E-state index in [0.717, 1.165) is 19.3 Å². The van der Waals surface area contributed by atoms with E-state index in [4.69, 9.17) is 0 Å². The van der Waals surface area contributed by atoms with E-state index in [2.05, 4.69) is 33.8 Å². The molecule has 0 radical (unpaired) electrons. The first-order valence-corrected chi connectivity index (χ1v) is 6.52. The molecule has 0 spiro atoms. The van der Waals surface area contributed by atoms with Crippen molar-refractivity contribution in [2.75, 3.05) is 0 Å². The Balaban J connectivity index is 2.18. The number of Topliss-reactive ketones (excluding diaryl/α,β-unsaturated/α-hetero) is 1. The number of carbonyl (C=O) groups is 1. The molecule has 1 saturated carbocycles. The lowest BCUT2D eigenvalue weighted by Crippen LogP contribution is -2.19. The molecule has 16 heavy (non-hydrogen) atoms. The number of ketones is 1. The molecule has 0 unspecified atom stereocenters. The predicted octanol–water partition coefficient (Wildman–Crippen LogP) is 4.13. The number of hydrogen-bond donors (Lipinski definition) is 0. The molecular formula is C15H24O. The zero-order valence-electron chi connectivity index (χ0n) is 11.1. The summed E-state index contributed by atoms with van der Waals surface area (Å²) in [6, 6.07) is 0. The molecule has 0 saturated heterocycles. The lowest BCUT2D eigenvalue weighted by atomic mass is 9.79. The number of rotatable bonds is 0. The van der Waals surface area contributed by atoms with Gasteiger partial charge in [0, 0.05) is 11.8 Å². The third kappa shape index (κ3) is 2.23. The minimum atomic E-state index is 0.0366. The van der Waals surface area contributed by atoms with Gasteiger partial charge in [0.2, 0.25) is 0 Å². The number of carbonyl (C=O) groups excluding carboxylic acids is 1. The second-order valence-electron chi connectivity index (χ2n) is 6.86. The van der Waals surface area contributed by atoms with Crippen molar-refractivity contribution in [3.05, 3.63) is 11.6 Å². The summed E-state index contributed by atoms with van der Waals surface area (Å²) in [7, 11) is 0. The highest BCUT2D eigenvalue weighted by Crippen LogP contribution is 2.58. The summed E-state index contributed by atoms with van der Waals surface area (Å²) < 4.78 is 0. The molecule has 2 aliphatic rings. The van der Waals surface area contributed by atoms with Crippen LogP contribution in [0.1, 0.15) is 59.8 Å². The fourth-order valence-electron chi connectivity index (χ4n) is 2.99. The smallest absolute Gasteiger partial charge is 0.139 e. The Morgan fingerprint density at radius 1 is 1.19 bits per heavy atom. The largest absolute Gasteiger partial charge is 0.299 e. The van der Waals surface area contributed by atoms with Crippen LogP contribution in [-0.2, 0) is 4.79 Å². The molecule has 90 valence electrons. The molecule has 1 nitrogen and oxygen atoms in total. The van der Waals surface area contributed by atoms with Crippen LogP contribution in [0.3, 0.4) is 0 Å². The average molecular weight is 220 g/mol. The average Bonchev–Trinajstić information content (AvgIpc) is 2.82. The van der Waals surface area contributed by atoms with Gasteiger partial charge in [0.15, 0.2) is 0 Å². The van der Waals surface area contributed by atoms with Crippen molar-refractivity contribution in [1.82, 2.24) is 0 Å². The Morgan fingerprint density at radius 3 is 2.56 bits per heavy atom. The molecule has 2 aliphatic carbocycles. The lowest BCUT2D eigenvalue weighted by Gasteiger charge is -2.25. The van der Waals surface area contributed by atoms with Gasteiger partial charge in [-0.2, -0.15) is 0 Å². The molecule has 1 fully saturated rings. The quantitative estimate of drug-likeness (QED) is 0.561. The van der Waals surface area contributed by atoms with Crippen LogP contribution < -0.4 is 0 Å². The van der Waals surface area contributed by atoms with E-state index in [1.54, 1.807) is 0 Å². The van der Waals surface area contributed by atoms with Crippen LogP contribution in [0.5, 0.6) is 0 Å². The fraction of sp³-hybridized carbons (Fsp3) is 0.800. The van der Waals surface area contributed by atoms with E-state index in [1.807, 2.05) is 0 Å². The third-order valence-corrected chi connectivity index (χ3v) is 4.60. The molecule has 0 amide bonds. The predicted molar refractivity (Wildman–Crippen MR) is 67.2 cm³/mol. The summed E-state index contributed by atoms with van der Waals surface area (Å²) in [6.07, 6.45) is 7.58. The number of fused-ring (bicyclic) bond motifs is 1. The third-order valence-electron chi connectivity index (χ3n) is 4.60. The van der Waals surface area contributed by atoms with E-state index in [0.29, 0.717) is 17.1 Å². The van der Waals surface area contributed by atoms with E-state index in [1.165, 1.54) is 18.4 Å². The molecular weight excluding hydrogens is 196 g/mol. The summed E-state index contributed by atoms with van der Waals surface area (Å²) in [5, 5.41) is 0. The van der Waals surface area contributed by atoms with E-state index in [-0.39, 0.29) is 5.41 Å². The van der Waals surface area contributed by atoms with Crippen LogP contribution in [0.4, 0.5) is 0 Å². The van der Waals surface area contributed by atoms with Crippen LogP contribution in [-0.4, -0.2) is 5.78 Å². The van der Waals surface area contributed by atoms with Gasteiger partial charge in [-0.1, -0.05) is 32.4 Å². The molecule has 2 atom stereocenters. The van der Waals surface area contributed by atoms with Crippen molar-refractivity contribution in [2.24, 2.45) is 16.7 Å². The van der Waals surface area contributed by atoms with Crippen LogP contribution >= 0.6 is 0 Å². The molecule has 0 aliphatic heterocycles. The van der Waals surface area contributed by atoms with E-state index in [9.17, 15) is 4.79 Å². The van der Waals surface area contributed by atoms with Gasteiger partial charge in [-0.05, 0) is 43.9 Å². The van der Waals surface area contributed by atoms with Gasteiger partial charge in [0.25, 0.3) is 0 Å². The zero-order chi connectivity index (χ0) is 12.0. The van der Waals surface area contributed by atoms with Crippen LogP contribution in [0, 0.1) is 16.7 Å². The van der Waals surface area contributed by atoms with Crippen molar-refractivity contribution in [1.29, 1.82) is 0 Å². The molecule has 0 aromatic rings. The highest BCUT2D eigenvalue weighted by Gasteiger charge is 2.55. The fourth-order valence-corrected chi connectivity index (χ4v) is 2.99. The topological polar surface area (TPSA) is 17.1 Å². The number of allylic oxidation sites excluding steroid dienone is 2. The van der Waals surface area contributed by atoms with Crippen LogP contribution in [0.25, 0.3) is 0 Å². The zero-order valence-corrected chi connectivity index (χ0v) is 11.1. The molecule has 0 heterocycles. The Bertz CT molecular complexity index is 337. The first-order chi connectivity index (χ1) is 7.33. The number of hydrogen-bond acceptors (Lipinski definition) is 1. The van der Waals surface area contributed by atoms with Crippen LogP contribution in [0.2, 0.25) is 0 Å². The van der Waals surface area contributed by atoms with Gasteiger partial charge < -0.3 is 0 Å². The van der Waals surface area contributed by atoms with E-state index < -0.39 is 0 Å². The summed E-state index contributed by atoms with van der Waals surface area (Å²) in [5.41, 5.74) is 1.79. The second kappa shape index (κ2) is 3.72. The first kappa shape index (κ1) is 11.9. The lowest BCUT2D eigenvalue weighted by molar-refractivity contribution is -0.124. The van der Waals surface area contributed by atoms with Crippen molar-refractivity contribution < 1.29 is 4.79 Å². The molecule has 1 heteroatoms. The molecule has 0 N–H and O–H groups in total.